The molecule has 4 nitrogen and oxygen atoms in total. The summed E-state index contributed by atoms with van der Waals surface area (Å²) in [6, 6.07) is 9.12. The number of benzene rings is 1. The minimum absolute atomic E-state index is 0. The second kappa shape index (κ2) is 6.83. The van der Waals surface area contributed by atoms with Crippen LogP contribution in [-0.4, -0.2) is 9.78 Å². The molecule has 0 amide bonds. The molecule has 1 aromatic carbocycles. The zero-order chi connectivity index (χ0) is 12.3. The van der Waals surface area contributed by atoms with Gasteiger partial charge in [0.05, 0.1) is 5.69 Å². The topological polar surface area (TPSA) is 60.9 Å². The molecule has 1 N–H and O–H groups in total. The van der Waals surface area contributed by atoms with Gasteiger partial charge in [-0.2, -0.15) is 0 Å². The minimum Gasteiger partial charge on any atom is -0.858 e. The zero-order valence-corrected chi connectivity index (χ0v) is 12.8. The van der Waals surface area contributed by atoms with E-state index in [1.54, 1.807) is 12.1 Å². The third-order valence-electron chi connectivity index (χ3n) is 2.74. The number of hydrogen-bond acceptors (Lipinski definition) is 2. The van der Waals surface area contributed by atoms with Crippen molar-refractivity contribution in [3.63, 3.8) is 0 Å². The van der Waals surface area contributed by atoms with E-state index in [0.29, 0.717) is 17.7 Å². The van der Waals surface area contributed by atoms with Gasteiger partial charge in [0.2, 0.25) is 0 Å². The van der Waals surface area contributed by atoms with Crippen molar-refractivity contribution in [2.45, 2.75) is 26.2 Å². The van der Waals surface area contributed by atoms with Crippen molar-refractivity contribution >= 4 is 0 Å². The minimum atomic E-state index is -0.271. The van der Waals surface area contributed by atoms with Gasteiger partial charge in [-0.05, 0) is 30.9 Å². The van der Waals surface area contributed by atoms with E-state index in [0.717, 1.165) is 12.8 Å². The Morgan fingerprint density at radius 3 is 2.56 bits per heavy atom. The van der Waals surface area contributed by atoms with Gasteiger partial charge in [-0.25, -0.2) is 0 Å². The average molecular weight is 254 g/mol. The molecule has 1 heterocycles. The van der Waals surface area contributed by atoms with E-state index in [-0.39, 0.29) is 41.0 Å². The standard InChI is InChI=1S/C13H16N2O2.Na/c1-2-3-9-11-12(16)14-15(13(11)17)10-7-5-4-6-8-10;/h4-8,17H,2-3,9H2,1H3,(H,14,16);/q;+1/p-1. The van der Waals surface area contributed by atoms with Gasteiger partial charge in [0, 0.05) is 5.56 Å². The molecular weight excluding hydrogens is 239 g/mol. The van der Waals surface area contributed by atoms with Gasteiger partial charge in [-0.1, -0.05) is 31.5 Å². The van der Waals surface area contributed by atoms with Gasteiger partial charge < -0.3 is 5.11 Å². The van der Waals surface area contributed by atoms with Gasteiger partial charge in [-0.3, -0.25) is 14.6 Å². The Hall–Kier alpha value is -0.970. The number of nitrogens with zero attached hydrogens (tertiary/aromatic N) is 1. The van der Waals surface area contributed by atoms with Crippen molar-refractivity contribution in [1.29, 1.82) is 0 Å². The number of H-pyrrole nitrogens is 1. The summed E-state index contributed by atoms with van der Waals surface area (Å²) in [6.07, 6.45) is 2.37. The summed E-state index contributed by atoms with van der Waals surface area (Å²) < 4.78 is 1.31. The van der Waals surface area contributed by atoms with Gasteiger partial charge in [0.1, 0.15) is 0 Å². The fourth-order valence-corrected chi connectivity index (χ4v) is 1.78. The number of para-hydroxylation sites is 1. The predicted molar refractivity (Wildman–Crippen MR) is 64.4 cm³/mol. The summed E-state index contributed by atoms with van der Waals surface area (Å²) in [5, 5.41) is 14.6. The Bertz CT molecular complexity index is 546. The molecule has 0 saturated heterocycles. The molecule has 5 heteroatoms. The first-order chi connectivity index (χ1) is 8.24. The third kappa shape index (κ3) is 3.07. The molecule has 0 aliphatic rings. The van der Waals surface area contributed by atoms with Crippen LogP contribution in [0, 0.1) is 0 Å². The van der Waals surface area contributed by atoms with Crippen molar-refractivity contribution in [2.24, 2.45) is 0 Å². The normalized spacial score (nSPS) is 10.1. The summed E-state index contributed by atoms with van der Waals surface area (Å²) >= 11 is 0. The van der Waals surface area contributed by atoms with Gasteiger partial charge in [0.15, 0.2) is 0 Å². The Labute approximate surface area is 128 Å². The van der Waals surface area contributed by atoms with Gasteiger partial charge in [0.25, 0.3) is 5.56 Å². The van der Waals surface area contributed by atoms with Crippen LogP contribution in [0.25, 0.3) is 5.69 Å². The first kappa shape index (κ1) is 15.1. The molecule has 0 saturated carbocycles. The summed E-state index contributed by atoms with van der Waals surface area (Å²) in [6.45, 7) is 2.03. The van der Waals surface area contributed by atoms with Crippen LogP contribution in [0.3, 0.4) is 0 Å². The first-order valence-corrected chi connectivity index (χ1v) is 5.80. The van der Waals surface area contributed by atoms with Crippen molar-refractivity contribution < 1.29 is 34.7 Å². The molecule has 0 aliphatic carbocycles. The van der Waals surface area contributed by atoms with Crippen LogP contribution in [0.4, 0.5) is 0 Å². The molecule has 2 rings (SSSR count). The summed E-state index contributed by atoms with van der Waals surface area (Å²) in [5.41, 5.74) is 0.778. The molecule has 0 spiro atoms. The molecule has 0 radical (unpaired) electrons. The maximum Gasteiger partial charge on any atom is 1.00 e. The van der Waals surface area contributed by atoms with Gasteiger partial charge >= 0.3 is 29.6 Å². The van der Waals surface area contributed by atoms with Crippen LogP contribution >= 0.6 is 0 Å². The summed E-state index contributed by atoms with van der Waals surface area (Å²) in [7, 11) is 0. The van der Waals surface area contributed by atoms with E-state index in [2.05, 4.69) is 5.10 Å². The number of hydrogen-bond donors (Lipinski definition) is 1. The average Bonchev–Trinajstić information content (AvgIpc) is 2.64. The fourth-order valence-electron chi connectivity index (χ4n) is 1.78. The van der Waals surface area contributed by atoms with Crippen molar-refractivity contribution in [1.82, 2.24) is 9.78 Å². The van der Waals surface area contributed by atoms with Crippen LogP contribution in [0.2, 0.25) is 0 Å². The van der Waals surface area contributed by atoms with E-state index in [1.165, 1.54) is 4.68 Å². The second-order valence-electron chi connectivity index (χ2n) is 4.00. The smallest absolute Gasteiger partial charge is 0.858 e. The molecule has 0 aliphatic heterocycles. The molecule has 18 heavy (non-hydrogen) atoms. The van der Waals surface area contributed by atoms with Gasteiger partial charge in [-0.15, -0.1) is 0 Å². The number of rotatable bonds is 4. The van der Waals surface area contributed by atoms with Crippen LogP contribution in [0.5, 0.6) is 5.88 Å². The third-order valence-corrected chi connectivity index (χ3v) is 2.74. The molecule has 0 unspecified atom stereocenters. The number of aromatic nitrogens is 2. The molecule has 90 valence electrons. The molecule has 2 aromatic rings. The fraction of sp³-hybridized carbons (Fsp3) is 0.308. The largest absolute Gasteiger partial charge is 1.00 e. The van der Waals surface area contributed by atoms with E-state index in [1.807, 2.05) is 25.1 Å². The van der Waals surface area contributed by atoms with Crippen molar-refractivity contribution in [3.8, 4) is 11.6 Å². The number of unbranched alkanes of at least 4 members (excludes halogenated alkanes) is 1. The molecule has 0 bridgehead atoms. The van der Waals surface area contributed by atoms with Crippen molar-refractivity contribution in [3.05, 3.63) is 46.2 Å². The number of nitrogens with one attached hydrogen (secondary N) is 1. The van der Waals surface area contributed by atoms with Crippen LogP contribution in [-0.2, 0) is 6.42 Å². The maximum absolute atomic E-state index is 12.0. The predicted octanol–water partition coefficient (Wildman–Crippen LogP) is -1.41. The monoisotopic (exact) mass is 254 g/mol. The Morgan fingerprint density at radius 1 is 1.28 bits per heavy atom. The Balaban J connectivity index is 0.00000162. The molecule has 0 fully saturated rings. The van der Waals surface area contributed by atoms with Crippen LogP contribution in [0.15, 0.2) is 35.1 Å². The van der Waals surface area contributed by atoms with E-state index in [4.69, 9.17) is 0 Å². The maximum atomic E-state index is 12.0. The molecule has 1 aromatic heterocycles. The van der Waals surface area contributed by atoms with Crippen LogP contribution in [0.1, 0.15) is 25.3 Å². The molecular formula is C13H15N2NaO2. The second-order valence-corrected chi connectivity index (χ2v) is 4.00. The van der Waals surface area contributed by atoms with E-state index in [9.17, 15) is 9.90 Å². The quantitative estimate of drug-likeness (QED) is 0.681. The first-order valence-electron chi connectivity index (χ1n) is 5.80. The summed E-state index contributed by atoms with van der Waals surface area (Å²) in [4.78, 5) is 11.7. The Kier molecular flexibility index (Phi) is 5.72. The Morgan fingerprint density at radius 2 is 1.94 bits per heavy atom. The van der Waals surface area contributed by atoms with Crippen LogP contribution < -0.4 is 40.2 Å². The SMILES string of the molecule is CCCCc1c([O-])n(-c2ccccc2)[nH]c1=O.[Na+]. The summed E-state index contributed by atoms with van der Waals surface area (Å²) in [5.74, 6) is -0.227. The zero-order valence-electron chi connectivity index (χ0n) is 10.8. The van der Waals surface area contributed by atoms with Crippen molar-refractivity contribution in [2.75, 3.05) is 0 Å². The van der Waals surface area contributed by atoms with E-state index < -0.39 is 0 Å². The molecule has 0 atom stereocenters. The van der Waals surface area contributed by atoms with E-state index >= 15 is 0 Å². The number of aromatic amines is 1.